The lowest BCUT2D eigenvalue weighted by molar-refractivity contribution is 0.181. The van der Waals surface area contributed by atoms with E-state index in [1.807, 2.05) is 22.9 Å². The van der Waals surface area contributed by atoms with Crippen LogP contribution in [0, 0.1) is 0 Å². The quantitative estimate of drug-likeness (QED) is 0.853. The second-order valence-electron chi connectivity index (χ2n) is 5.04. The monoisotopic (exact) mass is 307 g/mol. The van der Waals surface area contributed by atoms with Crippen LogP contribution >= 0.6 is 11.6 Å². The van der Waals surface area contributed by atoms with Gasteiger partial charge >= 0.3 is 0 Å². The van der Waals surface area contributed by atoms with Crippen molar-refractivity contribution in [3.8, 4) is 0 Å². The number of benzene rings is 1. The molecule has 1 aromatic carbocycles. The van der Waals surface area contributed by atoms with E-state index < -0.39 is 0 Å². The molecule has 0 radical (unpaired) electrons. The Morgan fingerprint density at radius 1 is 1.33 bits per heavy atom. The largest absolute Gasteiger partial charge is 0.383 e. The van der Waals surface area contributed by atoms with Gasteiger partial charge in [-0.1, -0.05) is 48.9 Å². The Labute approximate surface area is 130 Å². The van der Waals surface area contributed by atoms with Crippen molar-refractivity contribution >= 4 is 11.6 Å². The Morgan fingerprint density at radius 2 is 2.05 bits per heavy atom. The van der Waals surface area contributed by atoms with E-state index in [-0.39, 0.29) is 12.0 Å². The molecule has 0 aliphatic carbocycles. The normalized spacial score (nSPS) is 14.1. The van der Waals surface area contributed by atoms with E-state index >= 15 is 0 Å². The van der Waals surface area contributed by atoms with Crippen LogP contribution in [0.1, 0.15) is 36.6 Å². The molecule has 2 unspecified atom stereocenters. The van der Waals surface area contributed by atoms with Gasteiger partial charge < -0.3 is 10.5 Å². The van der Waals surface area contributed by atoms with Crippen molar-refractivity contribution in [2.45, 2.75) is 31.8 Å². The van der Waals surface area contributed by atoms with Gasteiger partial charge in [0.2, 0.25) is 0 Å². The predicted molar refractivity (Wildman–Crippen MR) is 85.5 cm³/mol. The third-order valence-corrected chi connectivity index (χ3v) is 4.05. The Balaban J connectivity index is 2.29. The highest BCUT2D eigenvalue weighted by molar-refractivity contribution is 6.31. The average Bonchev–Trinajstić information content (AvgIpc) is 2.87. The van der Waals surface area contributed by atoms with Crippen LogP contribution < -0.4 is 5.73 Å². The van der Waals surface area contributed by atoms with Crippen LogP contribution in [0.2, 0.25) is 5.02 Å². The van der Waals surface area contributed by atoms with E-state index in [2.05, 4.69) is 24.2 Å². The summed E-state index contributed by atoms with van der Waals surface area (Å²) in [5.74, 6) is 0.210. The van der Waals surface area contributed by atoms with Gasteiger partial charge in [0.15, 0.2) is 0 Å². The number of methoxy groups -OCH3 is 1. The number of halogens is 1. The first-order valence-corrected chi connectivity index (χ1v) is 7.57. The second kappa shape index (κ2) is 7.59. The van der Waals surface area contributed by atoms with Crippen molar-refractivity contribution in [2.24, 2.45) is 5.73 Å². The molecular weight excluding hydrogens is 286 g/mol. The standard InChI is InChI=1S/C16H22ClN3O/c1-3-13(12-7-5-4-6-8-12)15(18)16-14(17)11-19-20(16)9-10-21-2/h4-8,11,13,15H,3,9-10,18H2,1-2H3. The van der Waals surface area contributed by atoms with Crippen LogP contribution in [-0.4, -0.2) is 23.5 Å². The molecule has 2 atom stereocenters. The number of hydrogen-bond acceptors (Lipinski definition) is 3. The molecule has 0 fully saturated rings. The molecule has 5 heteroatoms. The average molecular weight is 308 g/mol. The van der Waals surface area contributed by atoms with Gasteiger partial charge in [-0.2, -0.15) is 5.10 Å². The molecule has 1 heterocycles. The van der Waals surface area contributed by atoms with Gasteiger partial charge in [-0.25, -0.2) is 0 Å². The summed E-state index contributed by atoms with van der Waals surface area (Å²) in [6, 6.07) is 10.1. The molecule has 2 N–H and O–H groups in total. The molecule has 0 spiro atoms. The highest BCUT2D eigenvalue weighted by Crippen LogP contribution is 2.34. The van der Waals surface area contributed by atoms with Crippen molar-refractivity contribution in [2.75, 3.05) is 13.7 Å². The minimum atomic E-state index is -0.191. The fourth-order valence-electron chi connectivity index (χ4n) is 2.65. The summed E-state index contributed by atoms with van der Waals surface area (Å²) in [6.07, 6.45) is 2.60. The molecule has 4 nitrogen and oxygen atoms in total. The summed E-state index contributed by atoms with van der Waals surface area (Å²) in [4.78, 5) is 0. The third kappa shape index (κ3) is 3.64. The van der Waals surface area contributed by atoms with E-state index in [9.17, 15) is 0 Å². The van der Waals surface area contributed by atoms with Gasteiger partial charge in [0.1, 0.15) is 0 Å². The minimum absolute atomic E-state index is 0.191. The number of hydrogen-bond donors (Lipinski definition) is 1. The van der Waals surface area contributed by atoms with E-state index in [4.69, 9.17) is 22.1 Å². The summed E-state index contributed by atoms with van der Waals surface area (Å²) >= 11 is 6.30. The lowest BCUT2D eigenvalue weighted by atomic mass is 9.88. The number of nitrogens with zero attached hydrogens (tertiary/aromatic N) is 2. The van der Waals surface area contributed by atoms with Crippen molar-refractivity contribution in [3.05, 3.63) is 52.8 Å². The van der Waals surface area contributed by atoms with E-state index in [0.29, 0.717) is 18.2 Å². The number of nitrogens with two attached hydrogens (primary N) is 1. The zero-order valence-electron chi connectivity index (χ0n) is 12.5. The maximum Gasteiger partial charge on any atom is 0.0834 e. The number of rotatable bonds is 7. The molecule has 114 valence electrons. The SMILES string of the molecule is CCC(c1ccccc1)C(N)c1c(Cl)cnn1CCOC. The molecule has 0 amide bonds. The summed E-state index contributed by atoms with van der Waals surface area (Å²) in [7, 11) is 1.67. The molecule has 2 rings (SSSR count). The smallest absolute Gasteiger partial charge is 0.0834 e. The molecule has 2 aromatic rings. The second-order valence-corrected chi connectivity index (χ2v) is 5.45. The van der Waals surface area contributed by atoms with Crippen LogP contribution in [0.3, 0.4) is 0 Å². The van der Waals surface area contributed by atoms with Gasteiger partial charge in [0.25, 0.3) is 0 Å². The summed E-state index contributed by atoms with van der Waals surface area (Å²) < 4.78 is 6.97. The van der Waals surface area contributed by atoms with Crippen LogP contribution in [0.5, 0.6) is 0 Å². The van der Waals surface area contributed by atoms with Crippen LogP contribution in [-0.2, 0) is 11.3 Å². The van der Waals surface area contributed by atoms with E-state index in [1.54, 1.807) is 13.3 Å². The first kappa shape index (κ1) is 16.0. The van der Waals surface area contributed by atoms with Gasteiger partial charge in [0, 0.05) is 13.0 Å². The molecule has 0 bridgehead atoms. The summed E-state index contributed by atoms with van der Waals surface area (Å²) in [5.41, 5.74) is 8.62. The van der Waals surface area contributed by atoms with Crippen LogP contribution in [0.15, 0.2) is 36.5 Å². The molecule has 0 saturated carbocycles. The molecular formula is C16H22ClN3O. The van der Waals surface area contributed by atoms with Gasteiger partial charge in [-0.05, 0) is 12.0 Å². The summed E-state index contributed by atoms with van der Waals surface area (Å²) in [5, 5.41) is 4.93. The Hall–Kier alpha value is -1.36. The molecule has 21 heavy (non-hydrogen) atoms. The Morgan fingerprint density at radius 3 is 2.67 bits per heavy atom. The van der Waals surface area contributed by atoms with Crippen LogP contribution in [0.25, 0.3) is 0 Å². The molecule has 0 aliphatic rings. The molecule has 1 aromatic heterocycles. The maximum atomic E-state index is 6.51. The predicted octanol–water partition coefficient (Wildman–Crippen LogP) is 3.38. The lowest BCUT2D eigenvalue weighted by Crippen LogP contribution is -2.24. The Kier molecular flexibility index (Phi) is 5.79. The number of aromatic nitrogens is 2. The summed E-state index contributed by atoms with van der Waals surface area (Å²) in [6.45, 7) is 3.37. The molecule has 0 saturated heterocycles. The number of ether oxygens (including phenoxy) is 1. The van der Waals surface area contributed by atoms with Gasteiger partial charge in [-0.15, -0.1) is 0 Å². The van der Waals surface area contributed by atoms with Crippen LogP contribution in [0.4, 0.5) is 0 Å². The first-order chi connectivity index (χ1) is 10.2. The fourth-order valence-corrected chi connectivity index (χ4v) is 2.91. The molecule has 0 aliphatic heterocycles. The van der Waals surface area contributed by atoms with Crippen molar-refractivity contribution < 1.29 is 4.74 Å². The Bertz CT molecular complexity index is 556. The fraction of sp³-hybridized carbons (Fsp3) is 0.438. The topological polar surface area (TPSA) is 53.1 Å². The van der Waals surface area contributed by atoms with Gasteiger partial charge in [-0.3, -0.25) is 4.68 Å². The third-order valence-electron chi connectivity index (χ3n) is 3.76. The van der Waals surface area contributed by atoms with Crippen molar-refractivity contribution in [1.29, 1.82) is 0 Å². The minimum Gasteiger partial charge on any atom is -0.383 e. The maximum absolute atomic E-state index is 6.51. The van der Waals surface area contributed by atoms with Crippen molar-refractivity contribution in [3.63, 3.8) is 0 Å². The zero-order valence-corrected chi connectivity index (χ0v) is 13.3. The first-order valence-electron chi connectivity index (χ1n) is 7.19. The highest BCUT2D eigenvalue weighted by Gasteiger charge is 2.25. The van der Waals surface area contributed by atoms with E-state index in [0.717, 1.165) is 12.1 Å². The zero-order chi connectivity index (χ0) is 15.2. The highest BCUT2D eigenvalue weighted by atomic mass is 35.5. The van der Waals surface area contributed by atoms with Gasteiger partial charge in [0.05, 0.1) is 36.1 Å². The van der Waals surface area contributed by atoms with E-state index in [1.165, 1.54) is 5.56 Å². The lowest BCUT2D eigenvalue weighted by Gasteiger charge is -2.24. The van der Waals surface area contributed by atoms with Crippen molar-refractivity contribution in [1.82, 2.24) is 9.78 Å².